The van der Waals surface area contributed by atoms with Crippen molar-refractivity contribution in [1.82, 2.24) is 9.97 Å². The molecule has 1 N–H and O–H groups in total. The number of rotatable bonds is 7. The first-order chi connectivity index (χ1) is 9.79. The molecule has 20 heavy (non-hydrogen) atoms. The summed E-state index contributed by atoms with van der Waals surface area (Å²) < 4.78 is 0. The van der Waals surface area contributed by atoms with Crippen LogP contribution >= 0.6 is 0 Å². The van der Waals surface area contributed by atoms with E-state index >= 15 is 0 Å². The molecule has 0 unspecified atom stereocenters. The van der Waals surface area contributed by atoms with Gasteiger partial charge in [-0.1, -0.05) is 6.92 Å². The van der Waals surface area contributed by atoms with Gasteiger partial charge in [0, 0.05) is 50.5 Å². The van der Waals surface area contributed by atoms with E-state index in [-0.39, 0.29) is 0 Å². The first-order valence-corrected chi connectivity index (χ1v) is 7.09. The molecule has 0 spiro atoms. The SMILES string of the molecule is CCCNc1cc(N(C)CCc2ccncc2)ccn1. The number of anilines is 2. The third-order valence-corrected chi connectivity index (χ3v) is 3.23. The summed E-state index contributed by atoms with van der Waals surface area (Å²) in [5, 5.41) is 3.32. The van der Waals surface area contributed by atoms with E-state index in [2.05, 4.69) is 52.4 Å². The van der Waals surface area contributed by atoms with Gasteiger partial charge in [-0.15, -0.1) is 0 Å². The van der Waals surface area contributed by atoms with Crippen LogP contribution < -0.4 is 10.2 Å². The molecule has 2 rings (SSSR count). The summed E-state index contributed by atoms with van der Waals surface area (Å²) in [6, 6.07) is 8.27. The smallest absolute Gasteiger partial charge is 0.127 e. The summed E-state index contributed by atoms with van der Waals surface area (Å²) in [5.41, 5.74) is 2.50. The van der Waals surface area contributed by atoms with Gasteiger partial charge < -0.3 is 10.2 Å². The molecule has 0 saturated heterocycles. The molecule has 4 nitrogen and oxygen atoms in total. The molecule has 0 radical (unpaired) electrons. The Labute approximate surface area is 120 Å². The summed E-state index contributed by atoms with van der Waals surface area (Å²) in [4.78, 5) is 10.6. The fourth-order valence-electron chi connectivity index (χ4n) is 1.98. The lowest BCUT2D eigenvalue weighted by molar-refractivity contribution is 0.873. The molecule has 0 aromatic carbocycles. The van der Waals surface area contributed by atoms with Crippen molar-refractivity contribution in [2.75, 3.05) is 30.4 Å². The van der Waals surface area contributed by atoms with Crippen LogP contribution in [0.4, 0.5) is 11.5 Å². The highest BCUT2D eigenvalue weighted by Gasteiger charge is 2.03. The van der Waals surface area contributed by atoms with Gasteiger partial charge in [0.15, 0.2) is 0 Å². The van der Waals surface area contributed by atoms with E-state index < -0.39 is 0 Å². The van der Waals surface area contributed by atoms with Crippen molar-refractivity contribution >= 4 is 11.5 Å². The Bertz CT molecular complexity index is 513. The lowest BCUT2D eigenvalue weighted by Gasteiger charge is -2.20. The van der Waals surface area contributed by atoms with Crippen LogP contribution in [0.1, 0.15) is 18.9 Å². The average Bonchev–Trinajstić information content (AvgIpc) is 2.52. The zero-order chi connectivity index (χ0) is 14.2. The Balaban J connectivity index is 1.93. The minimum absolute atomic E-state index is 0.945. The predicted molar refractivity (Wildman–Crippen MR) is 84.2 cm³/mol. The van der Waals surface area contributed by atoms with Crippen LogP contribution in [0.3, 0.4) is 0 Å². The molecular weight excluding hydrogens is 248 g/mol. The Morgan fingerprint density at radius 2 is 1.95 bits per heavy atom. The third-order valence-electron chi connectivity index (χ3n) is 3.23. The second-order valence-electron chi connectivity index (χ2n) is 4.85. The van der Waals surface area contributed by atoms with E-state index in [0.29, 0.717) is 0 Å². The monoisotopic (exact) mass is 270 g/mol. The Morgan fingerprint density at radius 3 is 2.70 bits per heavy atom. The molecule has 106 valence electrons. The molecule has 0 saturated carbocycles. The zero-order valence-electron chi connectivity index (χ0n) is 12.2. The molecule has 0 aliphatic rings. The molecule has 2 aromatic rings. The van der Waals surface area contributed by atoms with Crippen LogP contribution in [0.15, 0.2) is 42.9 Å². The van der Waals surface area contributed by atoms with Gasteiger partial charge in [0.05, 0.1) is 0 Å². The first kappa shape index (κ1) is 14.3. The summed E-state index contributed by atoms with van der Waals surface area (Å²) in [7, 11) is 2.11. The number of nitrogens with zero attached hydrogens (tertiary/aromatic N) is 3. The maximum atomic E-state index is 4.33. The minimum atomic E-state index is 0.945. The van der Waals surface area contributed by atoms with Crippen molar-refractivity contribution in [3.05, 3.63) is 48.4 Å². The molecule has 0 amide bonds. The zero-order valence-corrected chi connectivity index (χ0v) is 12.2. The average molecular weight is 270 g/mol. The molecule has 0 fully saturated rings. The van der Waals surface area contributed by atoms with Gasteiger partial charge in [0.25, 0.3) is 0 Å². The van der Waals surface area contributed by atoms with Crippen molar-refractivity contribution in [3.63, 3.8) is 0 Å². The van der Waals surface area contributed by atoms with Gasteiger partial charge in [-0.25, -0.2) is 4.98 Å². The van der Waals surface area contributed by atoms with Crippen molar-refractivity contribution in [1.29, 1.82) is 0 Å². The number of hydrogen-bond donors (Lipinski definition) is 1. The number of pyridine rings is 2. The Kier molecular flexibility index (Phi) is 5.35. The second-order valence-corrected chi connectivity index (χ2v) is 4.85. The molecule has 4 heteroatoms. The number of hydrogen-bond acceptors (Lipinski definition) is 4. The van der Waals surface area contributed by atoms with Crippen molar-refractivity contribution in [2.45, 2.75) is 19.8 Å². The van der Waals surface area contributed by atoms with Crippen molar-refractivity contribution in [3.8, 4) is 0 Å². The van der Waals surface area contributed by atoms with Gasteiger partial charge in [-0.3, -0.25) is 4.98 Å². The highest BCUT2D eigenvalue weighted by atomic mass is 15.1. The molecule has 0 aliphatic carbocycles. The largest absolute Gasteiger partial charge is 0.374 e. The predicted octanol–water partition coefficient (Wildman–Crippen LogP) is 2.98. The van der Waals surface area contributed by atoms with Crippen molar-refractivity contribution < 1.29 is 0 Å². The van der Waals surface area contributed by atoms with Crippen LogP contribution in [0.2, 0.25) is 0 Å². The van der Waals surface area contributed by atoms with Crippen LogP contribution in [0, 0.1) is 0 Å². The lowest BCUT2D eigenvalue weighted by Crippen LogP contribution is -2.20. The summed E-state index contributed by atoms with van der Waals surface area (Å²) in [5.74, 6) is 0.945. The topological polar surface area (TPSA) is 41.0 Å². The summed E-state index contributed by atoms with van der Waals surface area (Å²) >= 11 is 0. The Hall–Kier alpha value is -2.10. The van der Waals surface area contributed by atoms with Gasteiger partial charge in [-0.2, -0.15) is 0 Å². The van der Waals surface area contributed by atoms with Crippen LogP contribution in [0.5, 0.6) is 0 Å². The number of aromatic nitrogens is 2. The molecule has 0 atom stereocenters. The minimum Gasteiger partial charge on any atom is -0.374 e. The van der Waals surface area contributed by atoms with E-state index in [0.717, 1.165) is 31.7 Å². The molecule has 2 aromatic heterocycles. The van der Waals surface area contributed by atoms with Gasteiger partial charge in [0.1, 0.15) is 5.82 Å². The highest BCUT2D eigenvalue weighted by Crippen LogP contribution is 2.16. The van der Waals surface area contributed by atoms with E-state index in [1.54, 1.807) is 0 Å². The molecular formula is C16H22N4. The van der Waals surface area contributed by atoms with E-state index in [1.165, 1.54) is 11.3 Å². The maximum absolute atomic E-state index is 4.33. The standard InChI is InChI=1S/C16H22N4/c1-3-8-18-16-13-15(6-11-19-16)20(2)12-7-14-4-9-17-10-5-14/h4-6,9-11,13H,3,7-8,12H2,1-2H3,(H,18,19). The summed E-state index contributed by atoms with van der Waals surface area (Å²) in [6.07, 6.45) is 7.65. The molecule has 0 bridgehead atoms. The molecule has 2 heterocycles. The maximum Gasteiger partial charge on any atom is 0.127 e. The van der Waals surface area contributed by atoms with Crippen LogP contribution in [-0.2, 0) is 6.42 Å². The summed E-state index contributed by atoms with van der Waals surface area (Å²) in [6.45, 7) is 4.08. The number of likely N-dealkylation sites (N-methyl/N-ethyl adjacent to an activating group) is 1. The van der Waals surface area contributed by atoms with Crippen LogP contribution in [0.25, 0.3) is 0 Å². The van der Waals surface area contributed by atoms with E-state index in [9.17, 15) is 0 Å². The normalized spacial score (nSPS) is 10.3. The first-order valence-electron chi connectivity index (χ1n) is 7.09. The number of nitrogens with one attached hydrogen (secondary N) is 1. The third kappa shape index (κ3) is 4.23. The quantitative estimate of drug-likeness (QED) is 0.840. The Morgan fingerprint density at radius 1 is 1.15 bits per heavy atom. The fraction of sp³-hybridized carbons (Fsp3) is 0.375. The lowest BCUT2D eigenvalue weighted by atomic mass is 10.2. The van der Waals surface area contributed by atoms with Gasteiger partial charge >= 0.3 is 0 Å². The van der Waals surface area contributed by atoms with E-state index in [1.807, 2.05) is 24.7 Å². The highest BCUT2D eigenvalue weighted by molar-refractivity contribution is 5.53. The second kappa shape index (κ2) is 7.48. The molecule has 0 aliphatic heterocycles. The van der Waals surface area contributed by atoms with Gasteiger partial charge in [0.2, 0.25) is 0 Å². The van der Waals surface area contributed by atoms with E-state index in [4.69, 9.17) is 0 Å². The van der Waals surface area contributed by atoms with Crippen LogP contribution in [-0.4, -0.2) is 30.1 Å². The fourth-order valence-corrected chi connectivity index (χ4v) is 1.98. The van der Waals surface area contributed by atoms with Gasteiger partial charge in [-0.05, 0) is 36.6 Å². The van der Waals surface area contributed by atoms with Crippen molar-refractivity contribution in [2.24, 2.45) is 0 Å².